The van der Waals surface area contributed by atoms with E-state index in [1.54, 1.807) is 6.07 Å². The van der Waals surface area contributed by atoms with Gasteiger partial charge >= 0.3 is 0 Å². The molecule has 8 heteroatoms. The van der Waals surface area contributed by atoms with Crippen LogP contribution in [0.5, 0.6) is 0 Å². The molecular formula is C11H10N4O4. The molecule has 1 rings (SSSR count). The van der Waals surface area contributed by atoms with Gasteiger partial charge in [0, 0.05) is 17.7 Å². The van der Waals surface area contributed by atoms with Gasteiger partial charge in [0.25, 0.3) is 11.6 Å². The summed E-state index contributed by atoms with van der Waals surface area (Å²) < 4.78 is 0. The molecule has 1 aromatic carbocycles. The van der Waals surface area contributed by atoms with Crippen LogP contribution in [-0.4, -0.2) is 29.8 Å². The van der Waals surface area contributed by atoms with Gasteiger partial charge < -0.3 is 10.6 Å². The van der Waals surface area contributed by atoms with Crippen molar-refractivity contribution in [2.75, 3.05) is 13.1 Å². The molecule has 0 aliphatic rings. The molecular weight excluding hydrogens is 252 g/mol. The van der Waals surface area contributed by atoms with Gasteiger partial charge in [-0.1, -0.05) is 6.07 Å². The topological polar surface area (TPSA) is 125 Å². The van der Waals surface area contributed by atoms with Gasteiger partial charge in [-0.3, -0.25) is 19.7 Å². The minimum Gasteiger partial charge on any atom is -0.343 e. The number of nitro benzene ring substituents is 1. The molecule has 0 fully saturated rings. The Bertz CT molecular complexity index is 550. The fourth-order valence-electron chi connectivity index (χ4n) is 1.22. The van der Waals surface area contributed by atoms with Gasteiger partial charge in [0.1, 0.15) is 6.54 Å². The number of nitrogens with zero attached hydrogens (tertiary/aromatic N) is 2. The average molecular weight is 262 g/mol. The van der Waals surface area contributed by atoms with Crippen LogP contribution in [0, 0.1) is 21.4 Å². The molecule has 0 spiro atoms. The first-order valence-electron chi connectivity index (χ1n) is 5.21. The molecule has 8 nitrogen and oxygen atoms in total. The lowest BCUT2D eigenvalue weighted by Crippen LogP contribution is -2.37. The Labute approximate surface area is 108 Å². The van der Waals surface area contributed by atoms with Crippen LogP contribution < -0.4 is 10.6 Å². The molecule has 0 atom stereocenters. The summed E-state index contributed by atoms with van der Waals surface area (Å²) in [6.07, 6.45) is 0. The third-order valence-electron chi connectivity index (χ3n) is 2.09. The highest BCUT2D eigenvalue weighted by Gasteiger charge is 2.12. The Kier molecular flexibility index (Phi) is 4.98. The number of carbonyl (C=O) groups excluding carboxylic acids is 2. The molecule has 19 heavy (non-hydrogen) atoms. The van der Waals surface area contributed by atoms with Gasteiger partial charge in [0.2, 0.25) is 5.91 Å². The van der Waals surface area contributed by atoms with E-state index in [9.17, 15) is 19.7 Å². The van der Waals surface area contributed by atoms with Crippen molar-refractivity contribution in [1.29, 1.82) is 5.26 Å². The van der Waals surface area contributed by atoms with E-state index in [-0.39, 0.29) is 24.3 Å². The van der Waals surface area contributed by atoms with Gasteiger partial charge in [0.05, 0.1) is 17.5 Å². The predicted molar refractivity (Wildman–Crippen MR) is 64.1 cm³/mol. The number of non-ortho nitro benzene ring substituents is 1. The SMILES string of the molecule is N#CCNC(=O)CNC(=O)c1cccc([N+](=O)[O-])c1. The highest BCUT2D eigenvalue weighted by Crippen LogP contribution is 2.12. The van der Waals surface area contributed by atoms with Crippen molar-refractivity contribution in [2.24, 2.45) is 0 Å². The Balaban J connectivity index is 2.59. The van der Waals surface area contributed by atoms with Crippen molar-refractivity contribution in [2.45, 2.75) is 0 Å². The maximum Gasteiger partial charge on any atom is 0.270 e. The second kappa shape index (κ2) is 6.70. The van der Waals surface area contributed by atoms with Crippen LogP contribution in [0.1, 0.15) is 10.4 Å². The molecule has 0 saturated heterocycles. The highest BCUT2D eigenvalue weighted by atomic mass is 16.6. The highest BCUT2D eigenvalue weighted by molar-refractivity contribution is 5.96. The normalized spacial score (nSPS) is 9.21. The number of amides is 2. The molecule has 2 N–H and O–H groups in total. The van der Waals surface area contributed by atoms with E-state index < -0.39 is 16.7 Å². The first kappa shape index (κ1) is 14.1. The fraction of sp³-hybridized carbons (Fsp3) is 0.182. The summed E-state index contributed by atoms with van der Waals surface area (Å²) in [7, 11) is 0. The second-order valence-electron chi connectivity index (χ2n) is 3.42. The number of rotatable bonds is 5. The summed E-state index contributed by atoms with van der Waals surface area (Å²) in [5.41, 5.74) is -0.121. The number of hydrogen-bond donors (Lipinski definition) is 2. The number of carbonyl (C=O) groups is 2. The predicted octanol–water partition coefficient (Wildman–Crippen LogP) is -0.0356. The molecule has 0 saturated carbocycles. The van der Waals surface area contributed by atoms with Gasteiger partial charge in [-0.05, 0) is 6.07 Å². The standard InChI is InChI=1S/C11H10N4O4/c12-4-5-13-10(16)7-14-11(17)8-2-1-3-9(6-8)15(18)19/h1-3,6H,5,7H2,(H,13,16)(H,14,17). The van der Waals surface area contributed by atoms with Crippen LogP contribution in [0.15, 0.2) is 24.3 Å². The van der Waals surface area contributed by atoms with Crippen molar-refractivity contribution >= 4 is 17.5 Å². The van der Waals surface area contributed by atoms with E-state index in [0.717, 1.165) is 6.07 Å². The van der Waals surface area contributed by atoms with Crippen molar-refractivity contribution in [3.05, 3.63) is 39.9 Å². The Hall–Kier alpha value is -2.95. The van der Waals surface area contributed by atoms with Gasteiger partial charge in [-0.2, -0.15) is 5.26 Å². The third-order valence-corrected chi connectivity index (χ3v) is 2.09. The summed E-state index contributed by atoms with van der Waals surface area (Å²) in [5, 5.41) is 23.3. The average Bonchev–Trinajstić information content (AvgIpc) is 2.42. The number of benzene rings is 1. The molecule has 0 radical (unpaired) electrons. The van der Waals surface area contributed by atoms with E-state index in [1.807, 2.05) is 0 Å². The zero-order valence-electron chi connectivity index (χ0n) is 9.75. The van der Waals surface area contributed by atoms with Crippen LogP contribution in [0.4, 0.5) is 5.69 Å². The first-order valence-corrected chi connectivity index (χ1v) is 5.21. The number of hydrogen-bond acceptors (Lipinski definition) is 5. The minimum absolute atomic E-state index is 0.0854. The summed E-state index contributed by atoms with van der Waals surface area (Å²) in [5.74, 6) is -1.11. The lowest BCUT2D eigenvalue weighted by Gasteiger charge is -2.04. The summed E-state index contributed by atoms with van der Waals surface area (Å²) in [6.45, 7) is -0.450. The van der Waals surface area contributed by atoms with Crippen LogP contribution >= 0.6 is 0 Å². The van der Waals surface area contributed by atoms with Gasteiger partial charge in [0.15, 0.2) is 0 Å². The van der Waals surface area contributed by atoms with Crippen molar-refractivity contribution < 1.29 is 14.5 Å². The Morgan fingerprint density at radius 3 is 2.74 bits per heavy atom. The van der Waals surface area contributed by atoms with Crippen LogP contribution in [0.2, 0.25) is 0 Å². The summed E-state index contributed by atoms with van der Waals surface area (Å²) >= 11 is 0. The largest absolute Gasteiger partial charge is 0.343 e. The number of nitro groups is 1. The second-order valence-corrected chi connectivity index (χ2v) is 3.42. The van der Waals surface area contributed by atoms with Crippen molar-refractivity contribution in [3.63, 3.8) is 0 Å². The monoisotopic (exact) mass is 262 g/mol. The maximum absolute atomic E-state index is 11.6. The van der Waals surface area contributed by atoms with E-state index in [0.29, 0.717) is 0 Å². The zero-order chi connectivity index (χ0) is 14.3. The number of nitriles is 1. The molecule has 0 unspecified atom stereocenters. The minimum atomic E-state index is -0.615. The molecule has 0 heterocycles. The summed E-state index contributed by atoms with van der Waals surface area (Å²) in [6, 6.07) is 6.87. The quantitative estimate of drug-likeness (QED) is 0.437. The van der Waals surface area contributed by atoms with Crippen LogP contribution in [-0.2, 0) is 4.79 Å². The van der Waals surface area contributed by atoms with E-state index in [4.69, 9.17) is 5.26 Å². The molecule has 0 aliphatic carbocycles. The van der Waals surface area contributed by atoms with E-state index in [2.05, 4.69) is 10.6 Å². The third kappa shape index (κ3) is 4.43. The van der Waals surface area contributed by atoms with Gasteiger partial charge in [-0.15, -0.1) is 0 Å². The lowest BCUT2D eigenvalue weighted by atomic mass is 10.2. The maximum atomic E-state index is 11.6. The molecule has 0 aromatic heterocycles. The van der Waals surface area contributed by atoms with Crippen LogP contribution in [0.25, 0.3) is 0 Å². The fourth-order valence-corrected chi connectivity index (χ4v) is 1.22. The number of nitrogens with one attached hydrogen (secondary N) is 2. The zero-order valence-corrected chi connectivity index (χ0v) is 9.75. The lowest BCUT2D eigenvalue weighted by molar-refractivity contribution is -0.384. The molecule has 98 valence electrons. The molecule has 2 amide bonds. The van der Waals surface area contributed by atoms with E-state index >= 15 is 0 Å². The van der Waals surface area contributed by atoms with Gasteiger partial charge in [-0.25, -0.2) is 0 Å². The molecule has 1 aromatic rings. The van der Waals surface area contributed by atoms with Crippen molar-refractivity contribution in [3.8, 4) is 6.07 Å². The molecule has 0 bridgehead atoms. The summed E-state index contributed by atoms with van der Waals surface area (Å²) in [4.78, 5) is 32.7. The first-order chi connectivity index (χ1) is 9.04. The Morgan fingerprint density at radius 1 is 1.37 bits per heavy atom. The van der Waals surface area contributed by atoms with Crippen LogP contribution in [0.3, 0.4) is 0 Å². The smallest absolute Gasteiger partial charge is 0.270 e. The molecule has 0 aliphatic heterocycles. The Morgan fingerprint density at radius 2 is 2.11 bits per heavy atom. The van der Waals surface area contributed by atoms with E-state index in [1.165, 1.54) is 18.2 Å². The van der Waals surface area contributed by atoms with Crippen molar-refractivity contribution in [1.82, 2.24) is 10.6 Å².